The van der Waals surface area contributed by atoms with Crippen molar-refractivity contribution < 1.29 is 37.4 Å². The number of hydrogen-bond acceptors (Lipinski definition) is 11. The standard InChI is InChI=1S/C22H29ClFN6O7P/c1-12(2)35-19(32)13(3)29-38(33,37-14-7-5-4-6-8-14)34-10-16-17(31)22(23,24)20(36-16)30-11-27-15-9-26-21(25)28-18(15)30/h4-8,11-13,16-17,20,31H,9-10H2,1-3H3,(H,29,33)(H3,25,26,28)/t13-,16-,17-,20-,22-,38?/m1/s1. The van der Waals surface area contributed by atoms with Gasteiger partial charge in [-0.25, -0.2) is 18.9 Å². The van der Waals surface area contributed by atoms with E-state index in [2.05, 4.69) is 20.4 Å². The normalized spacial score (nSPS) is 27.1. The third kappa shape index (κ3) is 6.11. The quantitative estimate of drug-likeness (QED) is 0.186. The molecule has 0 spiro atoms. The zero-order chi connectivity index (χ0) is 27.7. The number of nitrogens with zero attached hydrogens (tertiary/aromatic N) is 3. The number of carbonyl (C=O) groups is 1. The molecule has 2 aliphatic rings. The Morgan fingerprint density at radius 1 is 1.42 bits per heavy atom. The number of aliphatic imine (C=N–C) groups is 1. The largest absolute Gasteiger partial charge is 0.462 e. The fourth-order valence-electron chi connectivity index (χ4n) is 3.76. The van der Waals surface area contributed by atoms with Gasteiger partial charge in [0.15, 0.2) is 12.2 Å². The molecule has 0 aliphatic carbocycles. The van der Waals surface area contributed by atoms with Crippen LogP contribution in [0.2, 0.25) is 0 Å². The number of aliphatic hydroxyl groups excluding tert-OH is 1. The van der Waals surface area contributed by atoms with Gasteiger partial charge in [-0.05, 0) is 32.9 Å². The second kappa shape index (κ2) is 11.2. The molecule has 2 aliphatic heterocycles. The molecule has 2 aromatic rings. The fourth-order valence-corrected chi connectivity index (χ4v) is 5.56. The average molecular weight is 575 g/mol. The van der Waals surface area contributed by atoms with E-state index < -0.39 is 56.0 Å². The Kier molecular flexibility index (Phi) is 8.31. The number of nitrogens with one attached hydrogen (secondary N) is 2. The van der Waals surface area contributed by atoms with E-state index in [4.69, 9.17) is 35.9 Å². The highest BCUT2D eigenvalue weighted by molar-refractivity contribution is 7.52. The van der Waals surface area contributed by atoms with Crippen molar-refractivity contribution in [1.82, 2.24) is 14.6 Å². The molecule has 16 heteroatoms. The molecule has 38 heavy (non-hydrogen) atoms. The number of rotatable bonds is 10. The van der Waals surface area contributed by atoms with Crippen LogP contribution in [0.15, 0.2) is 41.7 Å². The molecule has 1 fully saturated rings. The van der Waals surface area contributed by atoms with Crippen LogP contribution in [0.4, 0.5) is 10.2 Å². The molecule has 4 rings (SSSR count). The van der Waals surface area contributed by atoms with Gasteiger partial charge in [0.25, 0.3) is 5.13 Å². The summed E-state index contributed by atoms with van der Waals surface area (Å²) in [6, 6.07) is 6.97. The SMILES string of the molecule is CC(C)OC(=O)[C@@H](C)NP(=O)(OC[C@H]1O[C@@H](n2cnc3c2NC(N)=NC3)[C@@](F)(Cl)[C@@H]1O)Oc1ccccc1. The van der Waals surface area contributed by atoms with Gasteiger partial charge in [-0.3, -0.25) is 13.9 Å². The molecule has 208 valence electrons. The molecular weight excluding hydrogens is 546 g/mol. The van der Waals surface area contributed by atoms with E-state index in [0.29, 0.717) is 11.5 Å². The molecule has 1 saturated heterocycles. The van der Waals surface area contributed by atoms with E-state index in [1.54, 1.807) is 32.0 Å². The fraction of sp³-hybridized carbons (Fsp3) is 0.500. The number of benzene rings is 1. The van der Waals surface area contributed by atoms with Crippen LogP contribution in [-0.2, 0) is 29.9 Å². The third-order valence-electron chi connectivity index (χ3n) is 5.58. The lowest BCUT2D eigenvalue weighted by Gasteiger charge is -2.25. The smallest absolute Gasteiger partial charge is 0.459 e. The van der Waals surface area contributed by atoms with Crippen LogP contribution in [-0.4, -0.2) is 62.7 Å². The first kappa shape index (κ1) is 28.3. The minimum atomic E-state index is -4.29. The van der Waals surface area contributed by atoms with Crippen molar-refractivity contribution >= 4 is 37.1 Å². The maximum absolute atomic E-state index is 15.6. The highest BCUT2D eigenvalue weighted by Crippen LogP contribution is 2.49. The Balaban J connectivity index is 1.51. The summed E-state index contributed by atoms with van der Waals surface area (Å²) in [5.41, 5.74) is 6.19. The first-order chi connectivity index (χ1) is 17.9. The number of ether oxygens (including phenoxy) is 2. The predicted octanol–water partition coefficient (Wildman–Crippen LogP) is 2.42. The van der Waals surface area contributed by atoms with Crippen molar-refractivity contribution in [2.75, 3.05) is 11.9 Å². The molecule has 1 aromatic heterocycles. The van der Waals surface area contributed by atoms with Crippen molar-refractivity contribution in [1.29, 1.82) is 0 Å². The zero-order valence-electron chi connectivity index (χ0n) is 20.8. The highest BCUT2D eigenvalue weighted by Gasteiger charge is 2.58. The summed E-state index contributed by atoms with van der Waals surface area (Å²) in [4.78, 5) is 20.5. The second-order valence-corrected chi connectivity index (χ2v) is 11.2. The van der Waals surface area contributed by atoms with Gasteiger partial charge in [0.05, 0.1) is 25.6 Å². The molecule has 0 bridgehead atoms. The van der Waals surface area contributed by atoms with Gasteiger partial charge >= 0.3 is 13.7 Å². The molecule has 13 nitrogen and oxygen atoms in total. The van der Waals surface area contributed by atoms with Crippen molar-refractivity contribution in [2.24, 2.45) is 10.7 Å². The van der Waals surface area contributed by atoms with E-state index >= 15 is 4.39 Å². The predicted molar refractivity (Wildman–Crippen MR) is 135 cm³/mol. The summed E-state index contributed by atoms with van der Waals surface area (Å²) in [5, 5.41) is 13.1. The van der Waals surface area contributed by atoms with E-state index in [1.807, 2.05) is 0 Å². The molecule has 3 heterocycles. The molecule has 0 saturated carbocycles. The number of alkyl halides is 2. The van der Waals surface area contributed by atoms with Gasteiger partial charge in [-0.1, -0.05) is 29.8 Å². The lowest BCUT2D eigenvalue weighted by molar-refractivity contribution is -0.149. The van der Waals surface area contributed by atoms with Crippen LogP contribution in [0.25, 0.3) is 0 Å². The van der Waals surface area contributed by atoms with Crippen LogP contribution < -0.4 is 20.7 Å². The van der Waals surface area contributed by atoms with Gasteiger partial charge in [-0.2, -0.15) is 5.09 Å². The Hall–Kier alpha value is -2.74. The van der Waals surface area contributed by atoms with Gasteiger partial charge in [0.1, 0.15) is 35.5 Å². The Bertz CT molecular complexity index is 1230. The van der Waals surface area contributed by atoms with E-state index in [9.17, 15) is 14.5 Å². The van der Waals surface area contributed by atoms with E-state index in [1.165, 1.54) is 30.0 Å². The lowest BCUT2D eigenvalue weighted by atomic mass is 10.1. The van der Waals surface area contributed by atoms with Gasteiger partial charge in [0, 0.05) is 0 Å². The van der Waals surface area contributed by atoms with Crippen molar-refractivity contribution in [3.05, 3.63) is 42.4 Å². The summed E-state index contributed by atoms with van der Waals surface area (Å²) >= 11 is 6.09. The van der Waals surface area contributed by atoms with Crippen molar-refractivity contribution in [2.45, 2.75) is 63.0 Å². The molecule has 0 amide bonds. The number of imidazole rings is 1. The Morgan fingerprint density at radius 2 is 2.13 bits per heavy atom. The number of halogens is 2. The van der Waals surface area contributed by atoms with Crippen LogP contribution in [0.3, 0.4) is 0 Å². The molecular formula is C22H29ClFN6O7P. The summed E-state index contributed by atoms with van der Waals surface area (Å²) in [6.07, 6.45) is -3.98. The number of para-hydroxylation sites is 1. The molecule has 1 aromatic carbocycles. The number of hydrogen-bond donors (Lipinski definition) is 4. The van der Waals surface area contributed by atoms with Gasteiger partial charge in [0.2, 0.25) is 0 Å². The maximum Gasteiger partial charge on any atom is 0.459 e. The number of anilines is 1. The summed E-state index contributed by atoms with van der Waals surface area (Å²) in [7, 11) is -4.29. The molecule has 0 radical (unpaired) electrons. The van der Waals surface area contributed by atoms with Gasteiger partial charge in [-0.15, -0.1) is 0 Å². The number of aromatic nitrogens is 2. The molecule has 6 atom stereocenters. The second-order valence-electron chi connectivity index (χ2n) is 8.95. The zero-order valence-corrected chi connectivity index (χ0v) is 22.4. The molecule has 1 unspecified atom stereocenters. The van der Waals surface area contributed by atoms with E-state index in [0.717, 1.165) is 0 Å². The number of nitrogens with two attached hydrogens (primary N) is 1. The highest BCUT2D eigenvalue weighted by atomic mass is 35.5. The van der Waals surface area contributed by atoms with E-state index in [-0.39, 0.29) is 18.3 Å². The number of fused-ring (bicyclic) bond motifs is 1. The Morgan fingerprint density at radius 3 is 2.82 bits per heavy atom. The summed E-state index contributed by atoms with van der Waals surface area (Å²) in [6.45, 7) is 4.29. The van der Waals surface area contributed by atoms with Crippen LogP contribution in [0.5, 0.6) is 5.75 Å². The first-order valence-electron chi connectivity index (χ1n) is 11.7. The average Bonchev–Trinajstić information content (AvgIpc) is 3.35. The number of carbonyl (C=O) groups excluding carboxylic acids is 1. The third-order valence-corrected chi connectivity index (χ3v) is 7.64. The minimum Gasteiger partial charge on any atom is -0.462 e. The monoisotopic (exact) mass is 574 g/mol. The molecule has 5 N–H and O–H groups in total. The summed E-state index contributed by atoms with van der Waals surface area (Å²) < 4.78 is 52.4. The number of esters is 1. The van der Waals surface area contributed by atoms with Crippen LogP contribution in [0.1, 0.15) is 32.7 Å². The summed E-state index contributed by atoms with van der Waals surface area (Å²) in [5.74, 6) is -0.129. The van der Waals surface area contributed by atoms with Crippen molar-refractivity contribution in [3.63, 3.8) is 0 Å². The Labute approximate surface area is 223 Å². The number of aliphatic hydroxyl groups is 1. The van der Waals surface area contributed by atoms with Gasteiger partial charge < -0.3 is 30.2 Å². The van der Waals surface area contributed by atoms with Crippen molar-refractivity contribution in [3.8, 4) is 5.75 Å². The topological polar surface area (TPSA) is 172 Å². The lowest BCUT2D eigenvalue weighted by Crippen LogP contribution is -2.40. The first-order valence-corrected chi connectivity index (χ1v) is 13.6. The van der Waals surface area contributed by atoms with Crippen LogP contribution >= 0.6 is 19.3 Å². The number of guanidine groups is 1. The maximum atomic E-state index is 15.6. The van der Waals surface area contributed by atoms with Crippen LogP contribution in [0, 0.1) is 0 Å². The minimum absolute atomic E-state index is 0.0897.